The molecule has 0 aromatic heterocycles. The van der Waals surface area contributed by atoms with Crippen molar-refractivity contribution in [1.82, 2.24) is 4.31 Å². The topological polar surface area (TPSA) is 63.4 Å². The molecule has 5 heteroatoms. The number of nitrogens with zero attached hydrogens (tertiary/aromatic N) is 1. The lowest BCUT2D eigenvalue weighted by Gasteiger charge is -2.19. The van der Waals surface area contributed by atoms with Crippen molar-refractivity contribution in [3.05, 3.63) is 0 Å². The van der Waals surface area contributed by atoms with Gasteiger partial charge in [-0.2, -0.15) is 0 Å². The maximum absolute atomic E-state index is 12.1. The van der Waals surface area contributed by atoms with Crippen LogP contribution in [0, 0.1) is 0 Å². The Morgan fingerprint density at radius 1 is 0.882 bits per heavy atom. The standard InChI is InChI=1S/C12H26N2O2S/c13-9-5-1-4-8-12-17(15,16)14-10-6-2-3-7-11-14/h1-13H2. The van der Waals surface area contributed by atoms with Crippen LogP contribution in [0.2, 0.25) is 0 Å². The molecule has 0 unspecified atom stereocenters. The van der Waals surface area contributed by atoms with Crippen LogP contribution in [-0.4, -0.2) is 38.1 Å². The molecule has 1 saturated heterocycles. The average Bonchev–Trinajstić information content (AvgIpc) is 2.57. The zero-order valence-electron chi connectivity index (χ0n) is 10.7. The molecular formula is C12H26N2O2S. The molecule has 0 atom stereocenters. The molecule has 17 heavy (non-hydrogen) atoms. The molecular weight excluding hydrogens is 236 g/mol. The smallest absolute Gasteiger partial charge is 0.214 e. The molecule has 4 nitrogen and oxygen atoms in total. The summed E-state index contributed by atoms with van der Waals surface area (Å²) in [5.74, 6) is 0.317. The molecule has 102 valence electrons. The summed E-state index contributed by atoms with van der Waals surface area (Å²) in [6.45, 7) is 2.16. The highest BCUT2D eigenvalue weighted by atomic mass is 32.2. The van der Waals surface area contributed by atoms with Gasteiger partial charge in [0.25, 0.3) is 0 Å². The molecule has 2 N–H and O–H groups in total. The van der Waals surface area contributed by atoms with E-state index in [1.165, 1.54) is 12.8 Å². The number of rotatable bonds is 7. The Kier molecular flexibility index (Phi) is 7.08. The molecule has 0 radical (unpaired) electrons. The first kappa shape index (κ1) is 14.9. The van der Waals surface area contributed by atoms with Crippen LogP contribution in [-0.2, 0) is 10.0 Å². The van der Waals surface area contributed by atoms with Gasteiger partial charge in [0.15, 0.2) is 0 Å². The number of hydrogen-bond acceptors (Lipinski definition) is 3. The Balaban J connectivity index is 2.28. The number of unbranched alkanes of at least 4 members (excludes halogenated alkanes) is 3. The van der Waals surface area contributed by atoms with Gasteiger partial charge in [0.2, 0.25) is 10.0 Å². The van der Waals surface area contributed by atoms with Gasteiger partial charge in [-0.15, -0.1) is 0 Å². The molecule has 0 aromatic rings. The fraction of sp³-hybridized carbons (Fsp3) is 1.00. The molecule has 1 fully saturated rings. The highest BCUT2D eigenvalue weighted by Gasteiger charge is 2.21. The number of hydrogen-bond donors (Lipinski definition) is 1. The first-order chi connectivity index (χ1) is 8.17. The van der Waals surface area contributed by atoms with E-state index in [2.05, 4.69) is 0 Å². The fourth-order valence-electron chi connectivity index (χ4n) is 2.23. The van der Waals surface area contributed by atoms with Crippen LogP contribution in [0.3, 0.4) is 0 Å². The van der Waals surface area contributed by atoms with Gasteiger partial charge in [-0.25, -0.2) is 12.7 Å². The van der Waals surface area contributed by atoms with Crippen molar-refractivity contribution in [2.75, 3.05) is 25.4 Å². The fourth-order valence-corrected chi connectivity index (χ4v) is 3.87. The zero-order chi connectivity index (χ0) is 12.6. The molecule has 0 spiro atoms. The second kappa shape index (κ2) is 8.06. The van der Waals surface area contributed by atoms with Gasteiger partial charge in [-0.3, -0.25) is 0 Å². The minimum absolute atomic E-state index is 0.317. The molecule has 0 bridgehead atoms. The van der Waals surface area contributed by atoms with Crippen LogP contribution < -0.4 is 5.73 Å². The summed E-state index contributed by atoms with van der Waals surface area (Å²) >= 11 is 0. The third kappa shape index (κ3) is 5.84. The van der Waals surface area contributed by atoms with E-state index in [4.69, 9.17) is 5.73 Å². The van der Waals surface area contributed by atoms with Gasteiger partial charge in [0, 0.05) is 13.1 Å². The van der Waals surface area contributed by atoms with E-state index in [0.29, 0.717) is 12.3 Å². The Morgan fingerprint density at radius 3 is 2.06 bits per heavy atom. The highest BCUT2D eigenvalue weighted by molar-refractivity contribution is 7.89. The molecule has 1 aliphatic rings. The largest absolute Gasteiger partial charge is 0.330 e. The molecule has 0 aliphatic carbocycles. The van der Waals surface area contributed by atoms with Crippen LogP contribution in [0.1, 0.15) is 51.4 Å². The van der Waals surface area contributed by atoms with Crippen molar-refractivity contribution in [1.29, 1.82) is 0 Å². The van der Waals surface area contributed by atoms with E-state index in [-0.39, 0.29) is 0 Å². The lowest BCUT2D eigenvalue weighted by Crippen LogP contribution is -2.33. The second-order valence-corrected chi connectivity index (χ2v) is 6.92. The van der Waals surface area contributed by atoms with Crippen molar-refractivity contribution in [3.8, 4) is 0 Å². The number of sulfonamides is 1. The summed E-state index contributed by atoms with van der Waals surface area (Å²) in [6, 6.07) is 0. The minimum Gasteiger partial charge on any atom is -0.330 e. The van der Waals surface area contributed by atoms with Crippen molar-refractivity contribution in [3.63, 3.8) is 0 Å². The zero-order valence-corrected chi connectivity index (χ0v) is 11.6. The van der Waals surface area contributed by atoms with E-state index in [0.717, 1.165) is 51.6 Å². The minimum atomic E-state index is -2.99. The third-order valence-electron chi connectivity index (χ3n) is 3.31. The first-order valence-electron chi connectivity index (χ1n) is 6.85. The van der Waals surface area contributed by atoms with Crippen LogP contribution in [0.15, 0.2) is 0 Å². The monoisotopic (exact) mass is 262 g/mol. The summed E-state index contributed by atoms with van der Waals surface area (Å²) in [6.07, 6.45) is 8.18. The quantitative estimate of drug-likeness (QED) is 0.710. The van der Waals surface area contributed by atoms with E-state index in [1.807, 2.05) is 0 Å². The van der Waals surface area contributed by atoms with Gasteiger partial charge >= 0.3 is 0 Å². The SMILES string of the molecule is NCCCCCCS(=O)(=O)N1CCCCCC1. The van der Waals surface area contributed by atoms with E-state index < -0.39 is 10.0 Å². The Morgan fingerprint density at radius 2 is 1.47 bits per heavy atom. The normalized spacial score (nSPS) is 19.1. The van der Waals surface area contributed by atoms with Crippen LogP contribution in [0.5, 0.6) is 0 Å². The molecule has 0 aromatic carbocycles. The Bertz CT molecular complexity index is 283. The average molecular weight is 262 g/mol. The summed E-state index contributed by atoms with van der Waals surface area (Å²) < 4.78 is 25.8. The molecule has 0 saturated carbocycles. The molecule has 1 heterocycles. The maximum Gasteiger partial charge on any atom is 0.214 e. The van der Waals surface area contributed by atoms with Crippen LogP contribution in [0.25, 0.3) is 0 Å². The summed E-state index contributed by atoms with van der Waals surface area (Å²) in [5.41, 5.74) is 5.40. The predicted octanol–water partition coefficient (Wildman–Crippen LogP) is 1.71. The predicted molar refractivity (Wildman–Crippen MR) is 71.4 cm³/mol. The number of nitrogens with two attached hydrogens (primary N) is 1. The second-order valence-electron chi connectivity index (χ2n) is 4.83. The van der Waals surface area contributed by atoms with Gasteiger partial charge in [-0.1, -0.05) is 25.7 Å². The van der Waals surface area contributed by atoms with Crippen molar-refractivity contribution in [2.45, 2.75) is 51.4 Å². The van der Waals surface area contributed by atoms with Crippen LogP contribution >= 0.6 is 0 Å². The Labute approximate surface area is 106 Å². The summed E-state index contributed by atoms with van der Waals surface area (Å²) in [7, 11) is -2.99. The Hall–Kier alpha value is -0.130. The summed E-state index contributed by atoms with van der Waals surface area (Å²) in [5, 5.41) is 0. The van der Waals surface area contributed by atoms with Crippen molar-refractivity contribution in [2.24, 2.45) is 5.73 Å². The van der Waals surface area contributed by atoms with Gasteiger partial charge in [-0.05, 0) is 32.2 Å². The highest BCUT2D eigenvalue weighted by Crippen LogP contribution is 2.15. The maximum atomic E-state index is 12.1. The van der Waals surface area contributed by atoms with E-state index >= 15 is 0 Å². The van der Waals surface area contributed by atoms with Crippen molar-refractivity contribution < 1.29 is 8.42 Å². The molecule has 1 rings (SSSR count). The van der Waals surface area contributed by atoms with Crippen molar-refractivity contribution >= 4 is 10.0 Å². The lowest BCUT2D eigenvalue weighted by molar-refractivity contribution is 0.422. The summed E-state index contributed by atoms with van der Waals surface area (Å²) in [4.78, 5) is 0. The van der Waals surface area contributed by atoms with Gasteiger partial charge in [0.05, 0.1) is 5.75 Å². The lowest BCUT2D eigenvalue weighted by atomic mass is 10.2. The van der Waals surface area contributed by atoms with E-state index in [9.17, 15) is 8.42 Å². The van der Waals surface area contributed by atoms with E-state index in [1.54, 1.807) is 4.31 Å². The van der Waals surface area contributed by atoms with Gasteiger partial charge < -0.3 is 5.73 Å². The van der Waals surface area contributed by atoms with Crippen LogP contribution in [0.4, 0.5) is 0 Å². The molecule has 0 amide bonds. The third-order valence-corrected chi connectivity index (χ3v) is 5.27. The molecule has 1 aliphatic heterocycles. The van der Waals surface area contributed by atoms with Gasteiger partial charge in [0.1, 0.15) is 0 Å². The first-order valence-corrected chi connectivity index (χ1v) is 8.45.